The van der Waals surface area contributed by atoms with Gasteiger partial charge in [0.25, 0.3) is 0 Å². The molecule has 0 aromatic rings. The summed E-state index contributed by atoms with van der Waals surface area (Å²) in [5, 5.41) is 17.0. The van der Waals surface area contributed by atoms with Crippen LogP contribution >= 0.6 is 0 Å². The van der Waals surface area contributed by atoms with E-state index >= 15 is 0 Å². The van der Waals surface area contributed by atoms with Crippen LogP contribution in [0.25, 0.3) is 0 Å². The molecular formula is C10H10F2N2O. The van der Waals surface area contributed by atoms with Gasteiger partial charge in [-0.15, -0.1) is 0 Å². The fourth-order valence-electron chi connectivity index (χ4n) is 1.72. The molecule has 80 valence electrons. The first-order chi connectivity index (χ1) is 7.00. The van der Waals surface area contributed by atoms with E-state index in [1.54, 1.807) is 12.1 Å². The second kappa shape index (κ2) is 4.35. The molecule has 0 atom stereocenters. The summed E-state index contributed by atoms with van der Waals surface area (Å²) >= 11 is 0. The highest BCUT2D eigenvalue weighted by atomic mass is 19.3. The zero-order chi connectivity index (χ0) is 11.5. The van der Waals surface area contributed by atoms with E-state index in [0.717, 1.165) is 0 Å². The standard InChI is InChI=1S/C10H10F2N2O/c11-10(12)3-1-7(2-4-10)9(15)8(5-13)6-14/h7-8H,1-4H2. The number of carbonyl (C=O) groups is 1. The molecule has 15 heavy (non-hydrogen) atoms. The van der Waals surface area contributed by atoms with Gasteiger partial charge in [-0.05, 0) is 12.8 Å². The minimum atomic E-state index is -2.69. The van der Waals surface area contributed by atoms with Crippen molar-refractivity contribution in [3.8, 4) is 12.1 Å². The zero-order valence-electron chi connectivity index (χ0n) is 8.04. The predicted octanol–water partition coefficient (Wildman–Crippen LogP) is 2.04. The number of nitriles is 2. The van der Waals surface area contributed by atoms with Crippen molar-refractivity contribution in [1.82, 2.24) is 0 Å². The third-order valence-corrected chi connectivity index (χ3v) is 2.66. The molecule has 0 spiro atoms. The van der Waals surface area contributed by atoms with Gasteiger partial charge in [0.2, 0.25) is 5.92 Å². The Morgan fingerprint density at radius 1 is 1.27 bits per heavy atom. The van der Waals surface area contributed by atoms with Crippen molar-refractivity contribution in [1.29, 1.82) is 10.5 Å². The van der Waals surface area contributed by atoms with Crippen LogP contribution in [-0.4, -0.2) is 11.7 Å². The van der Waals surface area contributed by atoms with Gasteiger partial charge in [0.15, 0.2) is 11.7 Å². The first-order valence-corrected chi connectivity index (χ1v) is 4.71. The number of ketones is 1. The fraction of sp³-hybridized carbons (Fsp3) is 0.700. The van der Waals surface area contributed by atoms with Crippen LogP contribution in [-0.2, 0) is 4.79 Å². The number of rotatable bonds is 2. The number of hydrogen-bond donors (Lipinski definition) is 0. The quantitative estimate of drug-likeness (QED) is 0.703. The first kappa shape index (κ1) is 11.6. The van der Waals surface area contributed by atoms with E-state index < -0.39 is 23.5 Å². The summed E-state index contributed by atoms with van der Waals surface area (Å²) in [4.78, 5) is 11.5. The molecular weight excluding hydrogens is 202 g/mol. The van der Waals surface area contributed by atoms with Gasteiger partial charge in [-0.2, -0.15) is 10.5 Å². The molecule has 0 heterocycles. The van der Waals surface area contributed by atoms with Crippen molar-refractivity contribution in [3.63, 3.8) is 0 Å². The molecule has 0 N–H and O–H groups in total. The van der Waals surface area contributed by atoms with E-state index in [1.165, 1.54) is 0 Å². The maximum absolute atomic E-state index is 12.8. The van der Waals surface area contributed by atoms with Crippen molar-refractivity contribution in [2.45, 2.75) is 31.6 Å². The highest BCUT2D eigenvalue weighted by Crippen LogP contribution is 2.37. The van der Waals surface area contributed by atoms with Crippen molar-refractivity contribution < 1.29 is 13.6 Å². The summed E-state index contributed by atoms with van der Waals surface area (Å²) in [6, 6.07) is 3.14. The number of nitrogens with zero attached hydrogens (tertiary/aromatic N) is 2. The monoisotopic (exact) mass is 212 g/mol. The van der Waals surface area contributed by atoms with E-state index in [-0.39, 0.29) is 25.7 Å². The van der Waals surface area contributed by atoms with Crippen molar-refractivity contribution in [2.75, 3.05) is 0 Å². The van der Waals surface area contributed by atoms with Crippen LogP contribution in [0.1, 0.15) is 25.7 Å². The molecule has 0 aromatic heterocycles. The average molecular weight is 212 g/mol. The molecule has 0 unspecified atom stereocenters. The largest absolute Gasteiger partial charge is 0.297 e. The Bertz CT molecular complexity index is 316. The van der Waals surface area contributed by atoms with Crippen molar-refractivity contribution in [3.05, 3.63) is 0 Å². The summed E-state index contributed by atoms with van der Waals surface area (Å²) in [5.74, 6) is -5.04. The normalized spacial score (nSPS) is 20.6. The highest BCUT2D eigenvalue weighted by Gasteiger charge is 2.39. The number of Topliss-reactive ketones (excluding diaryl/α,β-unsaturated/α-hetero) is 1. The van der Waals surface area contributed by atoms with E-state index in [9.17, 15) is 13.6 Å². The third-order valence-electron chi connectivity index (χ3n) is 2.66. The molecule has 1 fully saturated rings. The zero-order valence-corrected chi connectivity index (χ0v) is 8.04. The second-order valence-electron chi connectivity index (χ2n) is 3.72. The van der Waals surface area contributed by atoms with Crippen LogP contribution < -0.4 is 0 Å². The first-order valence-electron chi connectivity index (χ1n) is 4.71. The molecule has 0 aliphatic heterocycles. The van der Waals surface area contributed by atoms with Crippen LogP contribution in [0.4, 0.5) is 8.78 Å². The van der Waals surface area contributed by atoms with Crippen LogP contribution in [0.3, 0.4) is 0 Å². The summed E-state index contributed by atoms with van der Waals surface area (Å²) in [6.07, 6.45) is -0.503. The van der Waals surface area contributed by atoms with Crippen LogP contribution in [0.2, 0.25) is 0 Å². The fourth-order valence-corrected chi connectivity index (χ4v) is 1.72. The van der Waals surface area contributed by atoms with E-state index in [2.05, 4.69) is 0 Å². The number of alkyl halides is 2. The van der Waals surface area contributed by atoms with E-state index in [1.807, 2.05) is 0 Å². The van der Waals surface area contributed by atoms with Gasteiger partial charge >= 0.3 is 0 Å². The van der Waals surface area contributed by atoms with Crippen molar-refractivity contribution in [2.24, 2.45) is 11.8 Å². The minimum absolute atomic E-state index is 0.0751. The Labute approximate surface area is 86.3 Å². The third kappa shape index (κ3) is 2.73. The lowest BCUT2D eigenvalue weighted by atomic mass is 9.81. The molecule has 1 rings (SSSR count). The van der Waals surface area contributed by atoms with Crippen LogP contribution in [0, 0.1) is 34.5 Å². The predicted molar refractivity (Wildman–Crippen MR) is 46.6 cm³/mol. The molecule has 3 nitrogen and oxygen atoms in total. The van der Waals surface area contributed by atoms with Gasteiger partial charge in [-0.25, -0.2) is 8.78 Å². The molecule has 5 heteroatoms. The summed E-state index contributed by atoms with van der Waals surface area (Å²) in [5.41, 5.74) is 0. The number of halogens is 2. The Morgan fingerprint density at radius 2 is 1.73 bits per heavy atom. The van der Waals surface area contributed by atoms with Gasteiger partial charge in [-0.1, -0.05) is 0 Å². The van der Waals surface area contributed by atoms with Crippen molar-refractivity contribution >= 4 is 5.78 Å². The Morgan fingerprint density at radius 3 is 2.13 bits per heavy atom. The Balaban J connectivity index is 2.59. The Kier molecular flexibility index (Phi) is 3.36. The van der Waals surface area contributed by atoms with E-state index in [4.69, 9.17) is 10.5 Å². The lowest BCUT2D eigenvalue weighted by Crippen LogP contribution is -2.31. The summed E-state index contributed by atoms with van der Waals surface area (Å²) in [7, 11) is 0. The second-order valence-corrected chi connectivity index (χ2v) is 3.72. The molecule has 0 aromatic carbocycles. The minimum Gasteiger partial charge on any atom is -0.297 e. The maximum Gasteiger partial charge on any atom is 0.248 e. The molecule has 0 saturated heterocycles. The Hall–Kier alpha value is -1.49. The summed E-state index contributed by atoms with van der Waals surface area (Å²) < 4.78 is 25.5. The van der Waals surface area contributed by atoms with Gasteiger partial charge < -0.3 is 0 Å². The lowest BCUT2D eigenvalue weighted by molar-refractivity contribution is -0.128. The van der Waals surface area contributed by atoms with Gasteiger partial charge in [0.05, 0.1) is 12.1 Å². The smallest absolute Gasteiger partial charge is 0.248 e. The highest BCUT2D eigenvalue weighted by molar-refractivity contribution is 5.87. The van der Waals surface area contributed by atoms with E-state index in [0.29, 0.717) is 0 Å². The molecule has 0 radical (unpaired) electrons. The topological polar surface area (TPSA) is 64.7 Å². The molecule has 1 aliphatic rings. The SMILES string of the molecule is N#CC(C#N)C(=O)C1CCC(F)(F)CC1. The van der Waals surface area contributed by atoms with Gasteiger partial charge in [0, 0.05) is 18.8 Å². The lowest BCUT2D eigenvalue weighted by Gasteiger charge is -2.27. The maximum atomic E-state index is 12.8. The molecule has 1 aliphatic carbocycles. The average Bonchev–Trinajstić information content (AvgIpc) is 2.19. The number of carbonyl (C=O) groups excluding carboxylic acids is 1. The summed E-state index contributed by atoms with van der Waals surface area (Å²) in [6.45, 7) is 0. The molecule has 0 amide bonds. The number of hydrogen-bond acceptors (Lipinski definition) is 3. The van der Waals surface area contributed by atoms with Gasteiger partial charge in [-0.3, -0.25) is 4.79 Å². The van der Waals surface area contributed by atoms with Crippen LogP contribution in [0.15, 0.2) is 0 Å². The molecule has 1 saturated carbocycles. The van der Waals surface area contributed by atoms with Gasteiger partial charge in [0.1, 0.15) is 0 Å². The van der Waals surface area contributed by atoms with Crippen LogP contribution in [0.5, 0.6) is 0 Å². The molecule has 0 bridgehead atoms.